The molecule has 1 saturated heterocycles. The molecule has 0 radical (unpaired) electrons. The lowest BCUT2D eigenvalue weighted by molar-refractivity contribution is -0.126. The maximum atomic E-state index is 12.5. The molecule has 24 heavy (non-hydrogen) atoms. The third-order valence-electron chi connectivity index (χ3n) is 4.84. The van der Waals surface area contributed by atoms with Crippen molar-refractivity contribution >= 4 is 11.9 Å². The molecule has 3 amide bonds. The largest absolute Gasteiger partial charge is 0.375 e. The van der Waals surface area contributed by atoms with Crippen LogP contribution in [0.3, 0.4) is 0 Å². The molecule has 0 aromatic rings. The van der Waals surface area contributed by atoms with Gasteiger partial charge in [0.05, 0.1) is 12.7 Å². The van der Waals surface area contributed by atoms with Crippen LogP contribution in [0.15, 0.2) is 0 Å². The van der Waals surface area contributed by atoms with E-state index in [0.29, 0.717) is 19.7 Å². The monoisotopic (exact) mass is 339 g/mol. The van der Waals surface area contributed by atoms with Crippen LogP contribution in [0.1, 0.15) is 59.3 Å². The van der Waals surface area contributed by atoms with E-state index in [-0.39, 0.29) is 36.0 Å². The van der Waals surface area contributed by atoms with Gasteiger partial charge in [-0.25, -0.2) is 4.79 Å². The third kappa shape index (κ3) is 5.65. The molecule has 2 fully saturated rings. The highest BCUT2D eigenvalue weighted by Gasteiger charge is 2.30. The first-order chi connectivity index (χ1) is 11.5. The van der Waals surface area contributed by atoms with Gasteiger partial charge < -0.3 is 20.3 Å². The van der Waals surface area contributed by atoms with Crippen molar-refractivity contribution in [3.05, 3.63) is 0 Å². The Balaban J connectivity index is 1.81. The van der Waals surface area contributed by atoms with Gasteiger partial charge in [-0.2, -0.15) is 0 Å². The highest BCUT2D eigenvalue weighted by Crippen LogP contribution is 2.25. The second-order valence-corrected chi connectivity index (χ2v) is 7.40. The first-order valence-corrected chi connectivity index (χ1v) is 9.47. The zero-order chi connectivity index (χ0) is 17.5. The number of ether oxygens (including phenoxy) is 1. The maximum Gasteiger partial charge on any atom is 0.317 e. The van der Waals surface area contributed by atoms with Crippen LogP contribution in [0, 0.1) is 5.92 Å². The van der Waals surface area contributed by atoms with E-state index in [2.05, 4.69) is 17.6 Å². The number of hydrogen-bond acceptors (Lipinski definition) is 3. The predicted octanol–water partition coefficient (Wildman–Crippen LogP) is 2.28. The van der Waals surface area contributed by atoms with Gasteiger partial charge in [-0.05, 0) is 39.5 Å². The van der Waals surface area contributed by atoms with Crippen LogP contribution in [0.25, 0.3) is 0 Å². The van der Waals surface area contributed by atoms with E-state index in [1.165, 1.54) is 0 Å². The van der Waals surface area contributed by atoms with Gasteiger partial charge in [0.2, 0.25) is 5.91 Å². The molecular formula is C18H33N3O3. The zero-order valence-electron chi connectivity index (χ0n) is 15.3. The van der Waals surface area contributed by atoms with Crippen molar-refractivity contribution in [2.24, 2.45) is 5.92 Å². The van der Waals surface area contributed by atoms with Crippen LogP contribution in [-0.4, -0.2) is 54.7 Å². The lowest BCUT2D eigenvalue weighted by atomic mass is 9.85. The van der Waals surface area contributed by atoms with E-state index in [4.69, 9.17) is 4.74 Å². The topological polar surface area (TPSA) is 70.7 Å². The van der Waals surface area contributed by atoms with Crippen molar-refractivity contribution in [2.45, 2.75) is 77.5 Å². The van der Waals surface area contributed by atoms with E-state index < -0.39 is 0 Å². The van der Waals surface area contributed by atoms with Gasteiger partial charge in [0.25, 0.3) is 0 Å². The number of nitrogens with zero attached hydrogens (tertiary/aromatic N) is 1. The third-order valence-corrected chi connectivity index (χ3v) is 4.84. The van der Waals surface area contributed by atoms with Gasteiger partial charge in [0.1, 0.15) is 0 Å². The summed E-state index contributed by atoms with van der Waals surface area (Å²) in [5.74, 6) is 0.141. The highest BCUT2D eigenvalue weighted by atomic mass is 16.5. The Kier molecular flexibility index (Phi) is 7.34. The summed E-state index contributed by atoms with van der Waals surface area (Å²) in [6.07, 6.45) is 5.82. The van der Waals surface area contributed by atoms with Crippen molar-refractivity contribution in [3.63, 3.8) is 0 Å². The van der Waals surface area contributed by atoms with Crippen LogP contribution in [0.5, 0.6) is 0 Å². The Morgan fingerprint density at radius 1 is 1.29 bits per heavy atom. The van der Waals surface area contributed by atoms with Gasteiger partial charge in [0.15, 0.2) is 0 Å². The lowest BCUT2D eigenvalue weighted by Gasteiger charge is -2.35. The van der Waals surface area contributed by atoms with Crippen LogP contribution >= 0.6 is 0 Å². The molecule has 6 nitrogen and oxygen atoms in total. The summed E-state index contributed by atoms with van der Waals surface area (Å²) in [6, 6.07) is 0.257. The molecule has 1 saturated carbocycles. The van der Waals surface area contributed by atoms with Crippen molar-refractivity contribution in [2.75, 3.05) is 19.7 Å². The number of rotatable bonds is 5. The molecule has 3 atom stereocenters. The predicted molar refractivity (Wildman–Crippen MR) is 93.8 cm³/mol. The summed E-state index contributed by atoms with van der Waals surface area (Å²) >= 11 is 0. The molecule has 0 bridgehead atoms. The van der Waals surface area contributed by atoms with Gasteiger partial charge in [-0.3, -0.25) is 4.79 Å². The Labute approximate surface area is 145 Å². The number of hydrogen-bond donors (Lipinski definition) is 2. The van der Waals surface area contributed by atoms with Crippen molar-refractivity contribution < 1.29 is 14.3 Å². The molecule has 138 valence electrons. The standard InChI is InChI=1S/C18H33N3O3/c1-4-6-16-12-21(9-10-24-16)18(23)20-15-8-5-7-14(11-15)17(22)19-13(2)3/h13-16H,4-12H2,1-3H3,(H,19,22)(H,20,23). The SMILES string of the molecule is CCCC1CN(C(=O)NC2CCCC(C(=O)NC(C)C)C2)CCO1. The molecule has 6 heteroatoms. The number of carbonyl (C=O) groups excluding carboxylic acids is 2. The molecule has 3 unspecified atom stereocenters. The molecule has 1 aliphatic heterocycles. The Hall–Kier alpha value is -1.30. The zero-order valence-corrected chi connectivity index (χ0v) is 15.3. The average Bonchev–Trinajstić information content (AvgIpc) is 2.55. The summed E-state index contributed by atoms with van der Waals surface area (Å²) < 4.78 is 5.70. The Morgan fingerprint density at radius 2 is 2.08 bits per heavy atom. The van der Waals surface area contributed by atoms with Crippen LogP contribution < -0.4 is 10.6 Å². The smallest absolute Gasteiger partial charge is 0.317 e. The van der Waals surface area contributed by atoms with E-state index in [1.54, 1.807) is 0 Å². The fourth-order valence-corrected chi connectivity index (χ4v) is 3.63. The minimum Gasteiger partial charge on any atom is -0.375 e. The van der Waals surface area contributed by atoms with Gasteiger partial charge in [0, 0.05) is 31.1 Å². The molecular weight excluding hydrogens is 306 g/mol. The molecule has 1 aliphatic carbocycles. The minimum atomic E-state index is -0.00526. The molecule has 0 spiro atoms. The molecule has 2 aliphatic rings. The Morgan fingerprint density at radius 3 is 2.79 bits per heavy atom. The van der Waals surface area contributed by atoms with E-state index in [0.717, 1.165) is 38.5 Å². The normalized spacial score (nSPS) is 27.8. The lowest BCUT2D eigenvalue weighted by Crippen LogP contribution is -2.53. The van der Waals surface area contributed by atoms with Crippen LogP contribution in [0.4, 0.5) is 4.79 Å². The number of amides is 3. The summed E-state index contributed by atoms with van der Waals surface area (Å²) in [5, 5.41) is 6.13. The minimum absolute atomic E-state index is 0.00526. The number of carbonyl (C=O) groups is 2. The van der Waals surface area contributed by atoms with Crippen LogP contribution in [-0.2, 0) is 9.53 Å². The summed E-state index contributed by atoms with van der Waals surface area (Å²) in [7, 11) is 0. The molecule has 2 rings (SSSR count). The fourth-order valence-electron chi connectivity index (χ4n) is 3.63. The van der Waals surface area contributed by atoms with Gasteiger partial charge >= 0.3 is 6.03 Å². The van der Waals surface area contributed by atoms with E-state index in [9.17, 15) is 9.59 Å². The molecule has 0 aromatic heterocycles. The molecule has 0 aromatic carbocycles. The Bertz CT molecular complexity index is 426. The molecule has 1 heterocycles. The summed E-state index contributed by atoms with van der Waals surface area (Å²) in [4.78, 5) is 26.6. The highest BCUT2D eigenvalue weighted by molar-refractivity contribution is 5.79. The number of urea groups is 1. The van der Waals surface area contributed by atoms with Gasteiger partial charge in [-0.1, -0.05) is 19.8 Å². The summed E-state index contributed by atoms with van der Waals surface area (Å²) in [6.45, 7) is 8.02. The maximum absolute atomic E-state index is 12.5. The van der Waals surface area contributed by atoms with Gasteiger partial charge in [-0.15, -0.1) is 0 Å². The van der Waals surface area contributed by atoms with Crippen molar-refractivity contribution in [1.29, 1.82) is 0 Å². The van der Waals surface area contributed by atoms with Crippen LogP contribution in [0.2, 0.25) is 0 Å². The number of nitrogens with one attached hydrogen (secondary N) is 2. The molecule has 2 N–H and O–H groups in total. The first kappa shape index (κ1) is 19.0. The van der Waals surface area contributed by atoms with Crippen molar-refractivity contribution in [1.82, 2.24) is 15.5 Å². The second-order valence-electron chi connectivity index (χ2n) is 7.40. The van der Waals surface area contributed by atoms with Crippen molar-refractivity contribution in [3.8, 4) is 0 Å². The van der Waals surface area contributed by atoms with E-state index >= 15 is 0 Å². The number of morpholine rings is 1. The average molecular weight is 339 g/mol. The quantitative estimate of drug-likeness (QED) is 0.807. The second kappa shape index (κ2) is 9.25. The fraction of sp³-hybridized carbons (Fsp3) is 0.889. The first-order valence-electron chi connectivity index (χ1n) is 9.47. The summed E-state index contributed by atoms with van der Waals surface area (Å²) in [5.41, 5.74) is 0. The van der Waals surface area contributed by atoms with E-state index in [1.807, 2.05) is 18.7 Å².